The van der Waals surface area contributed by atoms with Gasteiger partial charge in [0.05, 0.1) is 12.7 Å². The lowest BCUT2D eigenvalue weighted by atomic mass is 10.2. The van der Waals surface area contributed by atoms with Crippen LogP contribution >= 0.6 is 0 Å². The molecule has 1 aliphatic rings. The molecule has 1 aromatic heterocycles. The van der Waals surface area contributed by atoms with Gasteiger partial charge in [-0.05, 0) is 6.07 Å². The lowest BCUT2D eigenvalue weighted by Crippen LogP contribution is -2.28. The highest BCUT2D eigenvalue weighted by Gasteiger charge is 2.36. The number of anilines is 1. The Morgan fingerprint density at radius 2 is 2.53 bits per heavy atom. The Labute approximate surface area is 97.8 Å². The van der Waals surface area contributed by atoms with Crippen molar-refractivity contribution in [3.63, 3.8) is 0 Å². The van der Waals surface area contributed by atoms with Crippen LogP contribution in [0.1, 0.15) is 12.6 Å². The molecule has 2 rings (SSSR count). The zero-order valence-corrected chi connectivity index (χ0v) is 9.44. The first kappa shape index (κ1) is 12.0. The standard InChI is InChI=1S/C10H15N3O4/c1-16-6-4-9(17-7(6)5-14)13-3-2-8(11)12-10(13)15/h2-3,6-7,9,14H,4-5H2,1H3,(H2,11,12,15)/t6-,7-,9-/m1/s1. The van der Waals surface area contributed by atoms with Crippen LogP contribution in [0.15, 0.2) is 17.1 Å². The van der Waals surface area contributed by atoms with Gasteiger partial charge < -0.3 is 20.3 Å². The van der Waals surface area contributed by atoms with Crippen molar-refractivity contribution in [1.29, 1.82) is 0 Å². The van der Waals surface area contributed by atoms with Crippen molar-refractivity contribution in [3.8, 4) is 0 Å². The monoisotopic (exact) mass is 241 g/mol. The highest BCUT2D eigenvalue weighted by Crippen LogP contribution is 2.29. The minimum atomic E-state index is -0.474. The maximum atomic E-state index is 11.6. The molecular weight excluding hydrogens is 226 g/mol. The fourth-order valence-electron chi connectivity index (χ4n) is 1.93. The third kappa shape index (κ3) is 2.31. The van der Waals surface area contributed by atoms with Crippen molar-refractivity contribution < 1.29 is 14.6 Å². The van der Waals surface area contributed by atoms with Crippen LogP contribution in [0, 0.1) is 0 Å². The van der Waals surface area contributed by atoms with Gasteiger partial charge in [-0.15, -0.1) is 0 Å². The van der Waals surface area contributed by atoms with Gasteiger partial charge in [-0.1, -0.05) is 0 Å². The lowest BCUT2D eigenvalue weighted by Gasteiger charge is -2.14. The SMILES string of the molecule is CO[C@@H]1C[C@H](n2ccc(N)nc2=O)O[C@@H]1CO. The van der Waals surface area contributed by atoms with E-state index >= 15 is 0 Å². The minimum Gasteiger partial charge on any atom is -0.394 e. The highest BCUT2D eigenvalue weighted by atomic mass is 16.6. The lowest BCUT2D eigenvalue weighted by molar-refractivity contribution is -0.0534. The number of methoxy groups -OCH3 is 1. The van der Waals surface area contributed by atoms with E-state index in [1.165, 1.54) is 16.8 Å². The van der Waals surface area contributed by atoms with Gasteiger partial charge in [0.1, 0.15) is 18.1 Å². The van der Waals surface area contributed by atoms with E-state index in [4.69, 9.17) is 20.3 Å². The summed E-state index contributed by atoms with van der Waals surface area (Å²) in [5, 5.41) is 9.12. The number of nitrogen functional groups attached to an aromatic ring is 1. The maximum Gasteiger partial charge on any atom is 0.351 e. The average molecular weight is 241 g/mol. The number of nitrogens with two attached hydrogens (primary N) is 1. The molecule has 0 spiro atoms. The number of hydrogen-bond acceptors (Lipinski definition) is 6. The Kier molecular flexibility index (Phi) is 3.41. The molecule has 0 aromatic carbocycles. The first-order valence-corrected chi connectivity index (χ1v) is 5.29. The van der Waals surface area contributed by atoms with Gasteiger partial charge in [0, 0.05) is 19.7 Å². The Hall–Kier alpha value is -1.44. The van der Waals surface area contributed by atoms with Gasteiger partial charge in [0.15, 0.2) is 0 Å². The number of aromatic nitrogens is 2. The van der Waals surface area contributed by atoms with Crippen LogP contribution in [0.4, 0.5) is 5.82 Å². The Balaban J connectivity index is 2.22. The molecule has 0 saturated carbocycles. The topological polar surface area (TPSA) is 99.6 Å². The normalized spacial score (nSPS) is 28.5. The molecule has 0 radical (unpaired) electrons. The molecule has 3 atom stereocenters. The second-order valence-electron chi connectivity index (χ2n) is 3.86. The van der Waals surface area contributed by atoms with Crippen LogP contribution < -0.4 is 11.4 Å². The molecule has 0 unspecified atom stereocenters. The van der Waals surface area contributed by atoms with E-state index in [2.05, 4.69) is 4.98 Å². The van der Waals surface area contributed by atoms with Crippen LogP contribution in [0.3, 0.4) is 0 Å². The number of hydrogen-bond donors (Lipinski definition) is 2. The summed E-state index contributed by atoms with van der Waals surface area (Å²) in [5.41, 5.74) is 4.93. The number of ether oxygens (including phenoxy) is 2. The van der Waals surface area contributed by atoms with Crippen LogP contribution in [0.2, 0.25) is 0 Å². The number of nitrogens with zero attached hydrogens (tertiary/aromatic N) is 2. The van der Waals surface area contributed by atoms with E-state index in [-0.39, 0.29) is 18.5 Å². The molecule has 0 amide bonds. The summed E-state index contributed by atoms with van der Waals surface area (Å²) in [6, 6.07) is 1.53. The third-order valence-electron chi connectivity index (χ3n) is 2.82. The van der Waals surface area contributed by atoms with Crippen molar-refractivity contribution in [2.45, 2.75) is 24.9 Å². The summed E-state index contributed by atoms with van der Waals surface area (Å²) in [7, 11) is 1.54. The smallest absolute Gasteiger partial charge is 0.351 e. The van der Waals surface area contributed by atoms with Crippen LogP contribution in [0.25, 0.3) is 0 Å². The summed E-state index contributed by atoms with van der Waals surface area (Å²) in [5.74, 6) is 0.172. The van der Waals surface area contributed by atoms with Crippen molar-refractivity contribution in [1.82, 2.24) is 9.55 Å². The minimum absolute atomic E-state index is 0.147. The van der Waals surface area contributed by atoms with Gasteiger partial charge in [-0.2, -0.15) is 4.98 Å². The van der Waals surface area contributed by atoms with Gasteiger partial charge in [0.25, 0.3) is 0 Å². The summed E-state index contributed by atoms with van der Waals surface area (Å²) < 4.78 is 12.1. The van der Waals surface area contributed by atoms with E-state index < -0.39 is 18.0 Å². The molecule has 7 heteroatoms. The average Bonchev–Trinajstić information content (AvgIpc) is 2.72. The molecule has 1 saturated heterocycles. The van der Waals surface area contributed by atoms with Crippen molar-refractivity contribution in [3.05, 3.63) is 22.7 Å². The van der Waals surface area contributed by atoms with Gasteiger partial charge in [-0.3, -0.25) is 4.57 Å². The molecule has 1 fully saturated rings. The second-order valence-corrected chi connectivity index (χ2v) is 3.86. The van der Waals surface area contributed by atoms with E-state index in [1.54, 1.807) is 7.11 Å². The van der Waals surface area contributed by atoms with Gasteiger partial charge in [0.2, 0.25) is 0 Å². The molecular formula is C10H15N3O4. The first-order chi connectivity index (χ1) is 8.15. The molecule has 3 N–H and O–H groups in total. The van der Waals surface area contributed by atoms with Gasteiger partial charge in [-0.25, -0.2) is 4.79 Å². The fourth-order valence-corrected chi connectivity index (χ4v) is 1.93. The predicted octanol–water partition coefficient (Wildman–Crippen LogP) is -0.880. The first-order valence-electron chi connectivity index (χ1n) is 5.29. The number of aliphatic hydroxyl groups excluding tert-OH is 1. The predicted molar refractivity (Wildman–Crippen MR) is 59.3 cm³/mol. The molecule has 1 aliphatic heterocycles. The maximum absolute atomic E-state index is 11.6. The van der Waals surface area contributed by atoms with Crippen molar-refractivity contribution >= 4 is 5.82 Å². The Morgan fingerprint density at radius 1 is 1.76 bits per heavy atom. The summed E-state index contributed by atoms with van der Waals surface area (Å²) >= 11 is 0. The summed E-state index contributed by atoms with van der Waals surface area (Å²) in [4.78, 5) is 15.2. The third-order valence-corrected chi connectivity index (χ3v) is 2.82. The van der Waals surface area contributed by atoms with Crippen LogP contribution in [-0.4, -0.2) is 40.6 Å². The number of rotatable bonds is 3. The molecule has 17 heavy (non-hydrogen) atoms. The van der Waals surface area contributed by atoms with E-state index in [0.29, 0.717) is 6.42 Å². The van der Waals surface area contributed by atoms with E-state index in [9.17, 15) is 4.79 Å². The fraction of sp³-hybridized carbons (Fsp3) is 0.600. The Bertz CT molecular complexity index is 435. The summed E-state index contributed by atoms with van der Waals surface area (Å²) in [6.07, 6.45) is 0.899. The second kappa shape index (κ2) is 4.82. The van der Waals surface area contributed by atoms with Crippen molar-refractivity contribution in [2.75, 3.05) is 19.5 Å². The largest absolute Gasteiger partial charge is 0.394 e. The molecule has 0 bridgehead atoms. The highest BCUT2D eigenvalue weighted by molar-refractivity contribution is 5.23. The molecule has 1 aromatic rings. The van der Waals surface area contributed by atoms with Crippen molar-refractivity contribution in [2.24, 2.45) is 0 Å². The molecule has 2 heterocycles. The zero-order valence-electron chi connectivity index (χ0n) is 9.44. The molecule has 94 valence electrons. The van der Waals surface area contributed by atoms with Gasteiger partial charge >= 0.3 is 5.69 Å². The van der Waals surface area contributed by atoms with E-state index in [0.717, 1.165) is 0 Å². The molecule has 0 aliphatic carbocycles. The van der Waals surface area contributed by atoms with E-state index in [1.807, 2.05) is 0 Å². The quantitative estimate of drug-likeness (QED) is 0.713. The molecule has 7 nitrogen and oxygen atoms in total. The summed E-state index contributed by atoms with van der Waals surface area (Å²) in [6.45, 7) is -0.147. The Morgan fingerprint density at radius 3 is 3.06 bits per heavy atom. The number of aliphatic hydroxyl groups is 1. The zero-order chi connectivity index (χ0) is 12.4. The van der Waals surface area contributed by atoms with Crippen LogP contribution in [-0.2, 0) is 9.47 Å². The van der Waals surface area contributed by atoms with Crippen LogP contribution in [0.5, 0.6) is 0 Å².